The number of nitrogens with one attached hydrogen (secondary N) is 2. The van der Waals surface area contributed by atoms with E-state index in [1.54, 1.807) is 0 Å². The second kappa shape index (κ2) is 12.8. The zero-order valence-electron chi connectivity index (χ0n) is 17.2. The van der Waals surface area contributed by atoms with E-state index in [1.807, 2.05) is 0 Å². The van der Waals surface area contributed by atoms with Gasteiger partial charge in [-0.05, 0) is 38.6 Å². The van der Waals surface area contributed by atoms with Gasteiger partial charge in [-0.3, -0.25) is 19.2 Å². The van der Waals surface area contributed by atoms with Crippen molar-refractivity contribution < 1.29 is 39.3 Å². The summed E-state index contributed by atoms with van der Waals surface area (Å²) in [6, 6.07) is -4.84. The third kappa shape index (κ3) is 8.11. The Labute approximate surface area is 179 Å². The van der Waals surface area contributed by atoms with Crippen molar-refractivity contribution in [2.75, 3.05) is 19.7 Å². The topological polar surface area (TPSA) is 225 Å². The zero-order chi connectivity index (χ0) is 23.6. The first-order valence-corrected chi connectivity index (χ1v) is 10.0. The van der Waals surface area contributed by atoms with E-state index in [1.165, 1.54) is 4.90 Å². The summed E-state index contributed by atoms with van der Waals surface area (Å²) in [5.74, 6) is -4.94. The largest absolute Gasteiger partial charge is 0.481 e. The number of aliphatic hydroxyl groups is 1. The molecule has 0 saturated carbocycles. The molecule has 0 aliphatic carbocycles. The van der Waals surface area contributed by atoms with Crippen LogP contribution in [0.3, 0.4) is 0 Å². The molecule has 13 nitrogen and oxygen atoms in total. The molecule has 9 N–H and O–H groups in total. The Balaban J connectivity index is 2.93. The highest BCUT2D eigenvalue weighted by Gasteiger charge is 2.39. The molecule has 0 bridgehead atoms. The summed E-state index contributed by atoms with van der Waals surface area (Å²) >= 11 is 0. The van der Waals surface area contributed by atoms with E-state index in [9.17, 15) is 24.0 Å². The molecule has 0 spiro atoms. The van der Waals surface area contributed by atoms with Crippen LogP contribution < -0.4 is 22.1 Å². The van der Waals surface area contributed by atoms with Gasteiger partial charge in [-0.2, -0.15) is 0 Å². The number of aliphatic carboxylic acids is 2. The normalized spacial score (nSPS) is 18.7. The molecule has 1 rings (SSSR count). The van der Waals surface area contributed by atoms with Crippen LogP contribution in [0.25, 0.3) is 0 Å². The highest BCUT2D eigenvalue weighted by atomic mass is 16.4. The molecule has 0 radical (unpaired) electrons. The molecule has 0 aromatic rings. The summed E-state index contributed by atoms with van der Waals surface area (Å²) in [6.07, 6.45) is 1.29. The molecule has 3 amide bonds. The summed E-state index contributed by atoms with van der Waals surface area (Å²) in [6.45, 7) is -0.00669. The maximum Gasteiger partial charge on any atom is 0.326 e. The van der Waals surface area contributed by atoms with Crippen LogP contribution in [0, 0.1) is 0 Å². The number of amides is 3. The first kappa shape index (κ1) is 26.3. The Hall–Kier alpha value is -2.77. The maximum atomic E-state index is 13.1. The molecule has 0 aromatic heterocycles. The van der Waals surface area contributed by atoms with Gasteiger partial charge >= 0.3 is 11.9 Å². The molecule has 176 valence electrons. The summed E-state index contributed by atoms with van der Waals surface area (Å²) in [5.41, 5.74) is 11.0. The molecule has 4 atom stereocenters. The lowest BCUT2D eigenvalue weighted by Crippen LogP contribution is -2.57. The summed E-state index contributed by atoms with van der Waals surface area (Å²) in [5, 5.41) is 31.6. The number of nitrogens with zero attached hydrogens (tertiary/aromatic N) is 1. The van der Waals surface area contributed by atoms with Crippen molar-refractivity contribution in [1.82, 2.24) is 15.5 Å². The number of nitrogens with two attached hydrogens (primary N) is 2. The third-order valence-corrected chi connectivity index (χ3v) is 4.93. The van der Waals surface area contributed by atoms with Crippen molar-refractivity contribution in [2.24, 2.45) is 11.5 Å². The highest BCUT2D eigenvalue weighted by molar-refractivity contribution is 5.95. The van der Waals surface area contributed by atoms with Gasteiger partial charge in [-0.15, -0.1) is 0 Å². The van der Waals surface area contributed by atoms with Gasteiger partial charge in [0.2, 0.25) is 17.7 Å². The van der Waals surface area contributed by atoms with Crippen LogP contribution in [0.5, 0.6) is 0 Å². The predicted octanol–water partition coefficient (Wildman–Crippen LogP) is -3.05. The first-order valence-electron chi connectivity index (χ1n) is 10.0. The highest BCUT2D eigenvalue weighted by Crippen LogP contribution is 2.20. The Morgan fingerprint density at radius 3 is 2.29 bits per heavy atom. The smallest absolute Gasteiger partial charge is 0.326 e. The molecule has 1 fully saturated rings. The first-order chi connectivity index (χ1) is 14.6. The molecule has 13 heteroatoms. The molecule has 0 aromatic carbocycles. The monoisotopic (exact) mass is 445 g/mol. The van der Waals surface area contributed by atoms with Crippen LogP contribution in [0.15, 0.2) is 0 Å². The van der Waals surface area contributed by atoms with Gasteiger partial charge in [0.05, 0.1) is 13.0 Å². The Morgan fingerprint density at radius 2 is 1.74 bits per heavy atom. The van der Waals surface area contributed by atoms with Crippen LogP contribution in [0.4, 0.5) is 0 Å². The standard InChI is InChI=1S/C18H31N5O8/c19-6-2-1-4-11(21-15(27)10(20)9-24)17(29)23-7-3-5-13(23)16(28)22-12(18(30)31)8-14(25)26/h10-13,24H,1-9,19-20H2,(H,21,27)(H,22,28)(H,25,26)(H,30,31). The van der Waals surface area contributed by atoms with Crippen LogP contribution in [0.2, 0.25) is 0 Å². The number of carbonyl (C=O) groups is 5. The van der Waals surface area contributed by atoms with Gasteiger partial charge in [0.15, 0.2) is 0 Å². The van der Waals surface area contributed by atoms with E-state index in [0.29, 0.717) is 25.8 Å². The van der Waals surface area contributed by atoms with Crippen LogP contribution >= 0.6 is 0 Å². The number of unbranched alkanes of at least 4 members (excludes halogenated alkanes) is 1. The van der Waals surface area contributed by atoms with E-state index in [-0.39, 0.29) is 19.4 Å². The molecular weight excluding hydrogens is 414 g/mol. The summed E-state index contributed by atoms with van der Waals surface area (Å²) in [7, 11) is 0. The molecule has 1 saturated heterocycles. The van der Waals surface area contributed by atoms with Gasteiger partial charge in [0, 0.05) is 6.54 Å². The average Bonchev–Trinajstić information content (AvgIpc) is 3.20. The van der Waals surface area contributed by atoms with Gasteiger partial charge in [-0.1, -0.05) is 0 Å². The van der Waals surface area contributed by atoms with Crippen LogP contribution in [0.1, 0.15) is 38.5 Å². The number of carboxylic acid groups (broad SMARTS) is 2. The number of rotatable bonds is 13. The van der Waals surface area contributed by atoms with E-state index >= 15 is 0 Å². The number of carbonyl (C=O) groups excluding carboxylic acids is 3. The fourth-order valence-electron chi connectivity index (χ4n) is 3.26. The zero-order valence-corrected chi connectivity index (χ0v) is 17.2. The van der Waals surface area contributed by atoms with E-state index in [4.69, 9.17) is 26.8 Å². The van der Waals surface area contributed by atoms with Crippen molar-refractivity contribution in [3.05, 3.63) is 0 Å². The minimum absolute atomic E-state index is 0.211. The molecule has 1 aliphatic heterocycles. The summed E-state index contributed by atoms with van der Waals surface area (Å²) < 4.78 is 0. The van der Waals surface area contributed by atoms with Crippen LogP contribution in [-0.2, 0) is 24.0 Å². The second-order valence-corrected chi connectivity index (χ2v) is 7.32. The van der Waals surface area contributed by atoms with Crippen LogP contribution in [-0.4, -0.2) is 93.7 Å². The van der Waals surface area contributed by atoms with Crippen molar-refractivity contribution >= 4 is 29.7 Å². The van der Waals surface area contributed by atoms with Gasteiger partial charge in [0.25, 0.3) is 0 Å². The molecule has 31 heavy (non-hydrogen) atoms. The minimum atomic E-state index is -1.63. The number of aliphatic hydroxyl groups excluding tert-OH is 1. The van der Waals surface area contributed by atoms with Gasteiger partial charge in [0.1, 0.15) is 24.2 Å². The predicted molar refractivity (Wildman–Crippen MR) is 106 cm³/mol. The van der Waals surface area contributed by atoms with Gasteiger partial charge < -0.3 is 42.3 Å². The van der Waals surface area contributed by atoms with Crippen molar-refractivity contribution in [2.45, 2.75) is 62.7 Å². The number of likely N-dealkylation sites (tertiary alicyclic amines) is 1. The molecule has 1 aliphatic rings. The quantitative estimate of drug-likeness (QED) is 0.142. The number of hydrogen-bond donors (Lipinski definition) is 7. The van der Waals surface area contributed by atoms with Crippen molar-refractivity contribution in [3.63, 3.8) is 0 Å². The Bertz CT molecular complexity index is 673. The van der Waals surface area contributed by atoms with Crippen molar-refractivity contribution in [1.29, 1.82) is 0 Å². The molecular formula is C18H31N5O8. The minimum Gasteiger partial charge on any atom is -0.481 e. The average molecular weight is 445 g/mol. The summed E-state index contributed by atoms with van der Waals surface area (Å²) in [4.78, 5) is 61.1. The number of carboxylic acids is 2. The lowest BCUT2D eigenvalue weighted by molar-refractivity contribution is -0.148. The lowest BCUT2D eigenvalue weighted by atomic mass is 10.1. The van der Waals surface area contributed by atoms with Crippen molar-refractivity contribution in [3.8, 4) is 0 Å². The maximum absolute atomic E-state index is 13.1. The Morgan fingerprint density at radius 1 is 1.06 bits per heavy atom. The van der Waals surface area contributed by atoms with E-state index in [2.05, 4.69) is 10.6 Å². The Kier molecular flexibility index (Phi) is 10.9. The number of hydrogen-bond acceptors (Lipinski definition) is 8. The lowest BCUT2D eigenvalue weighted by Gasteiger charge is -2.29. The van der Waals surface area contributed by atoms with E-state index < -0.39 is 66.9 Å². The van der Waals surface area contributed by atoms with Gasteiger partial charge in [-0.25, -0.2) is 4.79 Å². The SMILES string of the molecule is NCCCCC(NC(=O)C(N)CO)C(=O)N1CCCC1C(=O)NC(CC(=O)O)C(=O)O. The fourth-order valence-corrected chi connectivity index (χ4v) is 3.26. The third-order valence-electron chi connectivity index (χ3n) is 4.93. The second-order valence-electron chi connectivity index (χ2n) is 7.32. The molecule has 1 heterocycles. The van der Waals surface area contributed by atoms with E-state index in [0.717, 1.165) is 0 Å². The fraction of sp³-hybridized carbons (Fsp3) is 0.722. The molecule has 4 unspecified atom stereocenters.